The summed E-state index contributed by atoms with van der Waals surface area (Å²) in [6.07, 6.45) is 10.6. The number of hydrogen-bond acceptors (Lipinski definition) is 2. The lowest BCUT2D eigenvalue weighted by Gasteiger charge is -2.63. The molecule has 3 aliphatic carbocycles. The van der Waals surface area contributed by atoms with Crippen molar-refractivity contribution in [3.05, 3.63) is 53.6 Å². The van der Waals surface area contributed by atoms with E-state index in [1.165, 1.54) is 43.9 Å². The minimum absolute atomic E-state index is 0.134. The van der Waals surface area contributed by atoms with Gasteiger partial charge in [-0.2, -0.15) is 0 Å². The maximum absolute atomic E-state index is 12.9. The van der Waals surface area contributed by atoms with Crippen molar-refractivity contribution in [2.45, 2.75) is 137 Å². The van der Waals surface area contributed by atoms with Crippen LogP contribution in [0.2, 0.25) is 10.6 Å². The van der Waals surface area contributed by atoms with Crippen LogP contribution < -0.4 is 5.32 Å². The van der Waals surface area contributed by atoms with E-state index in [-0.39, 0.29) is 16.4 Å². The molecular weight excluding hydrogens is 543 g/mol. The van der Waals surface area contributed by atoms with Crippen molar-refractivity contribution in [3.63, 3.8) is 0 Å². The van der Waals surface area contributed by atoms with Gasteiger partial charge in [0.2, 0.25) is 14.9 Å². The van der Waals surface area contributed by atoms with Crippen LogP contribution in [0.4, 0.5) is 5.69 Å². The van der Waals surface area contributed by atoms with Gasteiger partial charge in [-0.1, -0.05) is 96.9 Å². The topological polar surface area (TPSA) is 38.3 Å². The fraction of sp³-hybridized carbons (Fsp3) is 0.667. The molecule has 0 saturated heterocycles. The summed E-state index contributed by atoms with van der Waals surface area (Å²) in [7, 11) is -0.929. The summed E-state index contributed by atoms with van der Waals surface area (Å²) in [6.45, 7) is 22.0. The highest BCUT2D eigenvalue weighted by Crippen LogP contribution is 2.65. The molecular formula is C39H58NO2Si. The lowest BCUT2D eigenvalue weighted by Crippen LogP contribution is -2.58. The average molecular weight is 601 g/mol. The van der Waals surface area contributed by atoms with Crippen LogP contribution >= 0.6 is 0 Å². The number of fused-ring (bicyclic) bond motifs is 4. The number of nitrogens with one attached hydrogen (secondary N) is 1. The third-order valence-corrected chi connectivity index (χ3v) is 14.9. The van der Waals surface area contributed by atoms with Gasteiger partial charge in [-0.25, -0.2) is 0 Å². The van der Waals surface area contributed by atoms with E-state index in [2.05, 4.69) is 98.0 Å². The number of amides is 1. The molecule has 4 heteroatoms. The molecule has 235 valence electrons. The lowest BCUT2D eigenvalue weighted by molar-refractivity contribution is -0.144. The second-order valence-corrected chi connectivity index (χ2v) is 20.0. The lowest BCUT2D eigenvalue weighted by atomic mass is 9.43. The van der Waals surface area contributed by atoms with Gasteiger partial charge in [0.25, 0.3) is 0 Å². The Morgan fingerprint density at radius 2 is 1.74 bits per heavy atom. The van der Waals surface area contributed by atoms with E-state index in [1.54, 1.807) is 11.1 Å². The Morgan fingerprint density at radius 1 is 1.02 bits per heavy atom. The zero-order valence-corrected chi connectivity index (χ0v) is 29.6. The van der Waals surface area contributed by atoms with Gasteiger partial charge in [0.05, 0.1) is 6.10 Å². The zero-order chi connectivity index (χ0) is 31.2. The van der Waals surface area contributed by atoms with Crippen LogP contribution in [0.15, 0.2) is 53.6 Å². The largest absolute Gasteiger partial charge is 0.412 e. The third-order valence-electron chi connectivity index (χ3n) is 11.8. The van der Waals surface area contributed by atoms with Crippen LogP contribution in [0.1, 0.15) is 120 Å². The third kappa shape index (κ3) is 6.57. The Hall–Kier alpha value is -1.91. The quantitative estimate of drug-likeness (QED) is 0.242. The first-order valence-corrected chi connectivity index (χ1v) is 18.7. The van der Waals surface area contributed by atoms with Gasteiger partial charge >= 0.3 is 0 Å². The average Bonchev–Trinajstić information content (AvgIpc) is 2.92. The molecule has 2 saturated carbocycles. The number of rotatable bonds is 8. The molecule has 3 unspecified atom stereocenters. The molecule has 1 amide bonds. The second-order valence-electron chi connectivity index (χ2n) is 16.4. The van der Waals surface area contributed by atoms with E-state index < -0.39 is 9.04 Å². The van der Waals surface area contributed by atoms with Gasteiger partial charge in [0.15, 0.2) is 0 Å². The first kappa shape index (κ1) is 32.5. The Balaban J connectivity index is 1.23. The van der Waals surface area contributed by atoms with Crippen molar-refractivity contribution in [2.24, 2.45) is 28.6 Å². The molecule has 3 aliphatic rings. The van der Waals surface area contributed by atoms with Crippen LogP contribution in [0.5, 0.6) is 0 Å². The van der Waals surface area contributed by atoms with E-state index in [0.717, 1.165) is 29.8 Å². The number of hydrogen-bond donors (Lipinski definition) is 1. The minimum atomic E-state index is -0.929. The van der Waals surface area contributed by atoms with Crippen LogP contribution in [0.3, 0.4) is 0 Å². The van der Waals surface area contributed by atoms with E-state index in [0.29, 0.717) is 35.3 Å². The maximum Gasteiger partial charge on any atom is 0.224 e. The molecule has 1 N–H and O–H groups in total. The first-order valence-electron chi connectivity index (χ1n) is 17.2. The van der Waals surface area contributed by atoms with Gasteiger partial charge < -0.3 is 9.74 Å². The molecule has 2 aromatic carbocycles. The summed E-state index contributed by atoms with van der Waals surface area (Å²) < 4.78 is 7.19. The number of allylic oxidation sites excluding steroid dienone is 2. The Morgan fingerprint density at radius 3 is 2.44 bits per heavy atom. The summed E-state index contributed by atoms with van der Waals surface area (Å²) in [5, 5.41) is 5.78. The summed E-state index contributed by atoms with van der Waals surface area (Å²) in [5.41, 5.74) is 5.40. The second kappa shape index (κ2) is 12.5. The fourth-order valence-corrected chi connectivity index (χ4v) is 13.0. The predicted octanol–water partition coefficient (Wildman–Crippen LogP) is 11.1. The highest BCUT2D eigenvalue weighted by atomic mass is 28.3. The molecule has 0 spiro atoms. The molecule has 43 heavy (non-hydrogen) atoms. The maximum atomic E-state index is 12.9. The minimum Gasteiger partial charge on any atom is -0.412 e. The first-order chi connectivity index (χ1) is 20.2. The van der Waals surface area contributed by atoms with E-state index >= 15 is 0 Å². The molecule has 5 rings (SSSR count). The molecule has 5 atom stereocenters. The van der Waals surface area contributed by atoms with Gasteiger partial charge in [-0.3, -0.25) is 4.79 Å². The highest BCUT2D eigenvalue weighted by molar-refractivity contribution is 6.56. The molecule has 0 aliphatic heterocycles. The Kier molecular flexibility index (Phi) is 9.42. The predicted molar refractivity (Wildman–Crippen MR) is 185 cm³/mol. The van der Waals surface area contributed by atoms with Crippen molar-refractivity contribution in [3.8, 4) is 0 Å². The zero-order valence-electron chi connectivity index (χ0n) is 28.6. The van der Waals surface area contributed by atoms with Crippen molar-refractivity contribution in [2.75, 3.05) is 5.32 Å². The standard InChI is InChI=1S/C39H58NO2Si/c1-26(2)43(37(4,5)6)42-35-23-24-39(9)33-21-17-27(3)31(32(33)20-22-34(39)38(35,7)8)15-12-16-36(41)40-30-19-18-28-13-10-11-14-29(28)25-30/h10-11,13-14,18-19,25-26,32-35H,12,15-17,20-24H2,1-9H3,(H,40,41)/t32?,33?,34?,35-,39+/m0/s1. The van der Waals surface area contributed by atoms with Gasteiger partial charge in [0.1, 0.15) is 0 Å². The van der Waals surface area contributed by atoms with Crippen LogP contribution in [0, 0.1) is 28.6 Å². The molecule has 2 aromatic rings. The van der Waals surface area contributed by atoms with Crippen molar-refractivity contribution in [1.82, 2.24) is 0 Å². The van der Waals surface area contributed by atoms with Gasteiger partial charge in [0, 0.05) is 12.1 Å². The molecule has 1 radical (unpaired) electrons. The number of anilines is 1. The van der Waals surface area contributed by atoms with E-state index in [1.807, 2.05) is 12.1 Å². The summed E-state index contributed by atoms with van der Waals surface area (Å²) >= 11 is 0. The van der Waals surface area contributed by atoms with Crippen molar-refractivity contribution < 1.29 is 9.22 Å². The normalized spacial score (nSPS) is 29.1. The molecule has 0 bridgehead atoms. The van der Waals surface area contributed by atoms with Crippen molar-refractivity contribution in [1.29, 1.82) is 0 Å². The molecule has 2 fully saturated rings. The number of carbonyl (C=O) groups is 1. The van der Waals surface area contributed by atoms with E-state index in [9.17, 15) is 4.79 Å². The SMILES string of the molecule is CC1=C(CCCC(=O)Nc2ccc3ccccc3c2)C2CCC3C(C)(C)[C@@H](O[Si](C(C)C)C(C)(C)C)CC[C@]3(C)C2CC1. The van der Waals surface area contributed by atoms with Crippen LogP contribution in [0.25, 0.3) is 10.8 Å². The highest BCUT2D eigenvalue weighted by Gasteiger charge is 2.59. The molecule has 0 aromatic heterocycles. The van der Waals surface area contributed by atoms with Crippen LogP contribution in [-0.4, -0.2) is 21.1 Å². The van der Waals surface area contributed by atoms with Crippen molar-refractivity contribution >= 4 is 31.4 Å². The number of benzene rings is 2. The van der Waals surface area contributed by atoms with Gasteiger partial charge in [-0.05, 0) is 120 Å². The van der Waals surface area contributed by atoms with E-state index in [4.69, 9.17) is 4.43 Å². The smallest absolute Gasteiger partial charge is 0.224 e. The molecule has 0 heterocycles. The van der Waals surface area contributed by atoms with Crippen LogP contribution in [-0.2, 0) is 9.22 Å². The monoisotopic (exact) mass is 600 g/mol. The van der Waals surface area contributed by atoms with Gasteiger partial charge in [-0.15, -0.1) is 0 Å². The summed E-state index contributed by atoms with van der Waals surface area (Å²) in [4.78, 5) is 12.9. The summed E-state index contributed by atoms with van der Waals surface area (Å²) in [5.74, 6) is 2.29. The molecule has 3 nitrogen and oxygen atoms in total. The summed E-state index contributed by atoms with van der Waals surface area (Å²) in [6, 6.07) is 14.5. The number of carbonyl (C=O) groups excluding carboxylic acids is 1. The Labute approximate surface area is 264 Å². The Bertz CT molecular complexity index is 1340. The fourth-order valence-electron chi connectivity index (χ4n) is 9.88.